The molecule has 0 bridgehead atoms. The van der Waals surface area contributed by atoms with Crippen molar-refractivity contribution in [2.75, 3.05) is 0 Å². The van der Waals surface area contributed by atoms with Crippen LogP contribution in [0.3, 0.4) is 0 Å². The molecule has 0 saturated heterocycles. The van der Waals surface area contributed by atoms with Crippen LogP contribution in [0.1, 0.15) is 37.6 Å². The second-order valence-corrected chi connectivity index (χ2v) is 4.89. The average molecular weight is 273 g/mol. The Kier molecular flexibility index (Phi) is 5.26. The molecular weight excluding hydrogens is 250 g/mol. The van der Waals surface area contributed by atoms with Gasteiger partial charge in [0.15, 0.2) is 0 Å². The van der Waals surface area contributed by atoms with E-state index in [0.29, 0.717) is 5.92 Å². The summed E-state index contributed by atoms with van der Waals surface area (Å²) in [6.45, 7) is 5.08. The highest BCUT2D eigenvalue weighted by Crippen LogP contribution is 2.24. The van der Waals surface area contributed by atoms with Gasteiger partial charge in [0, 0.05) is 24.9 Å². The van der Waals surface area contributed by atoms with E-state index in [1.165, 1.54) is 5.56 Å². The van der Waals surface area contributed by atoms with Crippen LogP contribution >= 0.6 is 0 Å². The fraction of sp³-hybridized carbons (Fsp3) is 0.467. The molecule has 3 N–H and O–H groups in total. The van der Waals surface area contributed by atoms with Crippen molar-refractivity contribution in [2.45, 2.75) is 45.2 Å². The van der Waals surface area contributed by atoms with Crippen LogP contribution in [0.2, 0.25) is 0 Å². The highest BCUT2D eigenvalue weighted by Gasteiger charge is 2.22. The van der Waals surface area contributed by atoms with E-state index in [0.717, 1.165) is 25.2 Å². The normalized spacial score (nSPS) is 14.2. The standard InChI is InChI=1S/C15H23N5/c1-3-13(12-8-6-5-7-9-12)14(19-16)10-15-17-11-18-20(15)4-2/h5-9,11,13-14,19H,3-4,10,16H2,1-2H3. The maximum atomic E-state index is 5.79. The lowest BCUT2D eigenvalue weighted by atomic mass is 9.87. The third-order valence-corrected chi connectivity index (χ3v) is 3.77. The van der Waals surface area contributed by atoms with Gasteiger partial charge in [0.2, 0.25) is 0 Å². The molecule has 0 aliphatic rings. The zero-order chi connectivity index (χ0) is 14.4. The first-order valence-corrected chi connectivity index (χ1v) is 7.17. The first-order chi connectivity index (χ1) is 9.80. The van der Waals surface area contributed by atoms with Gasteiger partial charge in [0.05, 0.1) is 0 Å². The minimum Gasteiger partial charge on any atom is -0.271 e. The number of nitrogens with one attached hydrogen (secondary N) is 1. The highest BCUT2D eigenvalue weighted by molar-refractivity contribution is 5.21. The lowest BCUT2D eigenvalue weighted by Gasteiger charge is -2.25. The molecular formula is C15H23N5. The smallest absolute Gasteiger partial charge is 0.138 e. The van der Waals surface area contributed by atoms with E-state index in [1.54, 1.807) is 6.33 Å². The summed E-state index contributed by atoms with van der Waals surface area (Å²) < 4.78 is 1.92. The molecule has 0 spiro atoms. The Morgan fingerprint density at radius 2 is 2.00 bits per heavy atom. The molecule has 1 heterocycles. The molecule has 0 aliphatic heterocycles. The first-order valence-electron chi connectivity index (χ1n) is 7.17. The van der Waals surface area contributed by atoms with Crippen molar-refractivity contribution < 1.29 is 0 Å². The third kappa shape index (κ3) is 3.23. The fourth-order valence-electron chi connectivity index (χ4n) is 2.68. The number of nitrogens with two attached hydrogens (primary N) is 1. The topological polar surface area (TPSA) is 68.8 Å². The Morgan fingerprint density at radius 1 is 1.25 bits per heavy atom. The number of aryl methyl sites for hydroxylation is 1. The monoisotopic (exact) mass is 273 g/mol. The molecule has 0 fully saturated rings. The zero-order valence-corrected chi connectivity index (χ0v) is 12.2. The predicted octanol–water partition coefficient (Wildman–Crippen LogP) is 1.87. The second kappa shape index (κ2) is 7.17. The molecule has 2 unspecified atom stereocenters. The molecule has 1 aromatic carbocycles. The lowest BCUT2D eigenvalue weighted by Crippen LogP contribution is -2.42. The molecule has 1 aromatic heterocycles. The van der Waals surface area contributed by atoms with Crippen LogP contribution in [0, 0.1) is 0 Å². The molecule has 2 rings (SSSR count). The fourth-order valence-corrected chi connectivity index (χ4v) is 2.68. The molecule has 0 amide bonds. The van der Waals surface area contributed by atoms with Gasteiger partial charge in [0.25, 0.3) is 0 Å². The summed E-state index contributed by atoms with van der Waals surface area (Å²) in [5, 5.41) is 4.22. The molecule has 2 atom stereocenters. The van der Waals surface area contributed by atoms with Gasteiger partial charge in [-0.3, -0.25) is 16.0 Å². The summed E-state index contributed by atoms with van der Waals surface area (Å²) in [6.07, 6.45) is 3.41. The minimum absolute atomic E-state index is 0.150. The van der Waals surface area contributed by atoms with E-state index in [2.05, 4.69) is 53.6 Å². The number of rotatable bonds is 7. The van der Waals surface area contributed by atoms with Crippen molar-refractivity contribution in [3.8, 4) is 0 Å². The maximum absolute atomic E-state index is 5.79. The lowest BCUT2D eigenvalue weighted by molar-refractivity contribution is 0.412. The summed E-state index contributed by atoms with van der Waals surface area (Å²) in [7, 11) is 0. The van der Waals surface area contributed by atoms with Gasteiger partial charge in [-0.05, 0) is 18.9 Å². The summed E-state index contributed by atoms with van der Waals surface area (Å²) in [5.41, 5.74) is 4.27. The summed E-state index contributed by atoms with van der Waals surface area (Å²) in [4.78, 5) is 4.34. The van der Waals surface area contributed by atoms with E-state index in [1.807, 2.05) is 10.7 Å². The van der Waals surface area contributed by atoms with Crippen LogP contribution in [-0.2, 0) is 13.0 Å². The van der Waals surface area contributed by atoms with E-state index >= 15 is 0 Å². The summed E-state index contributed by atoms with van der Waals surface area (Å²) in [5.74, 6) is 7.13. The van der Waals surface area contributed by atoms with Gasteiger partial charge >= 0.3 is 0 Å². The molecule has 2 aromatic rings. The maximum Gasteiger partial charge on any atom is 0.138 e. The van der Waals surface area contributed by atoms with E-state index < -0.39 is 0 Å². The van der Waals surface area contributed by atoms with E-state index in [9.17, 15) is 0 Å². The Bertz CT molecular complexity index is 508. The Morgan fingerprint density at radius 3 is 2.60 bits per heavy atom. The molecule has 108 valence electrons. The molecule has 5 nitrogen and oxygen atoms in total. The minimum atomic E-state index is 0.150. The number of aromatic nitrogens is 3. The number of hydrazine groups is 1. The molecule has 0 saturated carbocycles. The van der Waals surface area contributed by atoms with Crippen molar-refractivity contribution in [1.82, 2.24) is 20.2 Å². The van der Waals surface area contributed by atoms with Crippen LogP contribution in [0.4, 0.5) is 0 Å². The van der Waals surface area contributed by atoms with Crippen molar-refractivity contribution in [2.24, 2.45) is 5.84 Å². The van der Waals surface area contributed by atoms with Crippen molar-refractivity contribution in [1.29, 1.82) is 0 Å². The summed E-state index contributed by atoms with van der Waals surface area (Å²) >= 11 is 0. The SMILES string of the molecule is CCC(c1ccccc1)C(Cc1ncnn1CC)NN. The van der Waals surface area contributed by atoms with Crippen LogP contribution in [0.5, 0.6) is 0 Å². The number of nitrogens with zero attached hydrogens (tertiary/aromatic N) is 3. The van der Waals surface area contributed by atoms with Gasteiger partial charge < -0.3 is 0 Å². The Hall–Kier alpha value is -1.72. The Labute approximate surface area is 120 Å². The molecule has 0 radical (unpaired) electrons. The zero-order valence-electron chi connectivity index (χ0n) is 12.2. The van der Waals surface area contributed by atoms with Crippen molar-refractivity contribution in [3.63, 3.8) is 0 Å². The molecule has 5 heteroatoms. The third-order valence-electron chi connectivity index (χ3n) is 3.77. The van der Waals surface area contributed by atoms with E-state index in [4.69, 9.17) is 5.84 Å². The van der Waals surface area contributed by atoms with Gasteiger partial charge in [-0.15, -0.1) is 0 Å². The van der Waals surface area contributed by atoms with Gasteiger partial charge in [-0.25, -0.2) is 4.98 Å². The number of hydrogen-bond acceptors (Lipinski definition) is 4. The van der Waals surface area contributed by atoms with Crippen molar-refractivity contribution in [3.05, 3.63) is 48.0 Å². The van der Waals surface area contributed by atoms with Crippen LogP contribution in [0.25, 0.3) is 0 Å². The molecule has 0 aliphatic carbocycles. The average Bonchev–Trinajstić information content (AvgIpc) is 2.95. The number of hydrogen-bond donors (Lipinski definition) is 2. The quantitative estimate of drug-likeness (QED) is 0.597. The predicted molar refractivity (Wildman–Crippen MR) is 80.0 cm³/mol. The van der Waals surface area contributed by atoms with Crippen LogP contribution < -0.4 is 11.3 Å². The van der Waals surface area contributed by atoms with E-state index in [-0.39, 0.29) is 6.04 Å². The van der Waals surface area contributed by atoms with Crippen LogP contribution in [-0.4, -0.2) is 20.8 Å². The number of benzene rings is 1. The highest BCUT2D eigenvalue weighted by atomic mass is 15.3. The summed E-state index contributed by atoms with van der Waals surface area (Å²) in [6, 6.07) is 10.6. The van der Waals surface area contributed by atoms with Gasteiger partial charge in [-0.2, -0.15) is 5.10 Å². The Balaban J connectivity index is 2.18. The largest absolute Gasteiger partial charge is 0.271 e. The van der Waals surface area contributed by atoms with Gasteiger partial charge in [-0.1, -0.05) is 37.3 Å². The van der Waals surface area contributed by atoms with Crippen molar-refractivity contribution >= 4 is 0 Å². The first kappa shape index (κ1) is 14.7. The second-order valence-electron chi connectivity index (χ2n) is 4.89. The van der Waals surface area contributed by atoms with Crippen LogP contribution in [0.15, 0.2) is 36.7 Å². The van der Waals surface area contributed by atoms with Gasteiger partial charge in [0.1, 0.15) is 12.2 Å². The molecule has 20 heavy (non-hydrogen) atoms.